The van der Waals surface area contributed by atoms with Crippen molar-refractivity contribution >= 4 is 17.7 Å². The minimum atomic E-state index is -0.838. The molecule has 2 rings (SSSR count). The average Bonchev–Trinajstić information content (AvgIpc) is 2.45. The monoisotopic (exact) mass is 288 g/mol. The lowest BCUT2D eigenvalue weighted by molar-refractivity contribution is -0.136. The summed E-state index contributed by atoms with van der Waals surface area (Å²) in [5, 5.41) is 8.77. The van der Waals surface area contributed by atoms with Crippen molar-refractivity contribution in [3.05, 3.63) is 59.7 Å². The Hall–Kier alpha value is -1.94. The van der Waals surface area contributed by atoms with Gasteiger partial charge in [0, 0.05) is 4.90 Å². The largest absolute Gasteiger partial charge is 0.489 e. The van der Waals surface area contributed by atoms with Crippen LogP contribution in [-0.2, 0) is 17.8 Å². The Kier molecular flexibility index (Phi) is 5.07. The highest BCUT2D eigenvalue weighted by Crippen LogP contribution is 2.18. The lowest BCUT2D eigenvalue weighted by atomic mass is 10.1. The summed E-state index contributed by atoms with van der Waals surface area (Å²) in [7, 11) is 0. The fraction of sp³-hybridized carbons (Fsp3) is 0.188. The fourth-order valence-corrected chi connectivity index (χ4v) is 2.22. The molecule has 0 bridgehead atoms. The first kappa shape index (κ1) is 14.5. The number of ether oxygens (including phenoxy) is 1. The van der Waals surface area contributed by atoms with Crippen LogP contribution < -0.4 is 4.74 Å². The predicted octanol–water partition coefficient (Wildman–Crippen LogP) is 3.61. The minimum Gasteiger partial charge on any atom is -0.489 e. The van der Waals surface area contributed by atoms with Gasteiger partial charge in [-0.15, -0.1) is 11.8 Å². The van der Waals surface area contributed by atoms with E-state index in [0.717, 1.165) is 11.1 Å². The first-order valence-corrected chi connectivity index (χ1v) is 7.46. The second-order valence-corrected chi connectivity index (χ2v) is 5.23. The van der Waals surface area contributed by atoms with Crippen LogP contribution in [0, 0.1) is 0 Å². The molecule has 0 aromatic heterocycles. The van der Waals surface area contributed by atoms with Crippen molar-refractivity contribution in [3.63, 3.8) is 0 Å². The summed E-state index contributed by atoms with van der Waals surface area (Å²) >= 11 is 1.70. The standard InChI is InChI=1S/C16H16O3S/c1-20-15-7-5-12(6-8-15)11-19-14-4-2-3-13(9-14)10-16(17)18/h2-9H,10-11H2,1H3,(H,17,18). The van der Waals surface area contributed by atoms with Gasteiger partial charge in [-0.1, -0.05) is 24.3 Å². The van der Waals surface area contributed by atoms with Crippen LogP contribution in [0.4, 0.5) is 0 Å². The van der Waals surface area contributed by atoms with E-state index >= 15 is 0 Å². The summed E-state index contributed by atoms with van der Waals surface area (Å²) in [5.41, 5.74) is 1.83. The molecule has 0 spiro atoms. The van der Waals surface area contributed by atoms with Gasteiger partial charge in [-0.05, 0) is 41.6 Å². The van der Waals surface area contributed by atoms with Gasteiger partial charge in [-0.3, -0.25) is 4.79 Å². The van der Waals surface area contributed by atoms with E-state index in [0.29, 0.717) is 12.4 Å². The van der Waals surface area contributed by atoms with Gasteiger partial charge in [0.2, 0.25) is 0 Å². The van der Waals surface area contributed by atoms with E-state index in [9.17, 15) is 4.79 Å². The van der Waals surface area contributed by atoms with Gasteiger partial charge in [-0.25, -0.2) is 0 Å². The molecule has 0 radical (unpaired) electrons. The van der Waals surface area contributed by atoms with Gasteiger partial charge in [0.15, 0.2) is 0 Å². The number of hydrogen-bond acceptors (Lipinski definition) is 3. The topological polar surface area (TPSA) is 46.5 Å². The van der Waals surface area contributed by atoms with E-state index in [1.807, 2.05) is 30.5 Å². The third-order valence-corrected chi connectivity index (χ3v) is 3.56. The normalized spacial score (nSPS) is 10.2. The lowest BCUT2D eigenvalue weighted by Crippen LogP contribution is -2.01. The number of aliphatic carboxylic acids is 1. The van der Waals surface area contributed by atoms with Crippen molar-refractivity contribution in [2.45, 2.75) is 17.9 Å². The minimum absolute atomic E-state index is 0.0135. The van der Waals surface area contributed by atoms with E-state index in [1.54, 1.807) is 23.9 Å². The molecule has 1 N–H and O–H groups in total. The number of carboxylic acid groups (broad SMARTS) is 1. The lowest BCUT2D eigenvalue weighted by Gasteiger charge is -2.08. The highest BCUT2D eigenvalue weighted by atomic mass is 32.2. The van der Waals surface area contributed by atoms with Crippen molar-refractivity contribution in [3.8, 4) is 5.75 Å². The molecule has 0 saturated heterocycles. The van der Waals surface area contributed by atoms with E-state index in [-0.39, 0.29) is 6.42 Å². The molecule has 2 aromatic carbocycles. The van der Waals surface area contributed by atoms with Crippen LogP contribution >= 0.6 is 11.8 Å². The smallest absolute Gasteiger partial charge is 0.307 e. The third-order valence-electron chi connectivity index (χ3n) is 2.82. The first-order chi connectivity index (χ1) is 9.67. The Morgan fingerprint density at radius 2 is 1.90 bits per heavy atom. The molecule has 2 aromatic rings. The maximum atomic E-state index is 10.7. The van der Waals surface area contributed by atoms with Crippen LogP contribution in [0.3, 0.4) is 0 Å². The van der Waals surface area contributed by atoms with Crippen LogP contribution in [0.25, 0.3) is 0 Å². The summed E-state index contributed by atoms with van der Waals surface area (Å²) in [5.74, 6) is -0.146. The van der Waals surface area contributed by atoms with Crippen molar-refractivity contribution in [2.75, 3.05) is 6.26 Å². The van der Waals surface area contributed by atoms with Gasteiger partial charge in [0.25, 0.3) is 0 Å². The summed E-state index contributed by atoms with van der Waals surface area (Å²) in [4.78, 5) is 11.9. The van der Waals surface area contributed by atoms with E-state index in [1.165, 1.54) is 4.90 Å². The van der Waals surface area contributed by atoms with Gasteiger partial charge in [0.1, 0.15) is 12.4 Å². The second-order valence-electron chi connectivity index (χ2n) is 4.35. The highest BCUT2D eigenvalue weighted by molar-refractivity contribution is 7.98. The fourth-order valence-electron chi connectivity index (χ4n) is 1.81. The Bertz CT molecular complexity index is 579. The average molecular weight is 288 g/mol. The molecule has 104 valence electrons. The van der Waals surface area contributed by atoms with Gasteiger partial charge >= 0.3 is 5.97 Å². The predicted molar refractivity (Wildman–Crippen MR) is 80.3 cm³/mol. The Morgan fingerprint density at radius 3 is 2.55 bits per heavy atom. The maximum Gasteiger partial charge on any atom is 0.307 e. The molecule has 0 atom stereocenters. The van der Waals surface area contributed by atoms with Crippen LogP contribution in [-0.4, -0.2) is 17.3 Å². The zero-order valence-electron chi connectivity index (χ0n) is 11.2. The molecular weight excluding hydrogens is 272 g/mol. The van der Waals surface area contributed by atoms with Crippen molar-refractivity contribution in [2.24, 2.45) is 0 Å². The second kappa shape index (κ2) is 7.01. The maximum absolute atomic E-state index is 10.7. The van der Waals surface area contributed by atoms with Gasteiger partial charge in [-0.2, -0.15) is 0 Å². The summed E-state index contributed by atoms with van der Waals surface area (Å²) in [6, 6.07) is 15.4. The zero-order chi connectivity index (χ0) is 14.4. The number of benzene rings is 2. The number of thioether (sulfide) groups is 1. The summed E-state index contributed by atoms with van der Waals surface area (Å²) < 4.78 is 5.69. The van der Waals surface area contributed by atoms with Crippen molar-refractivity contribution in [1.82, 2.24) is 0 Å². The number of carbonyl (C=O) groups is 1. The number of rotatable bonds is 6. The quantitative estimate of drug-likeness (QED) is 0.825. The van der Waals surface area contributed by atoms with Crippen LogP contribution in [0.5, 0.6) is 5.75 Å². The Morgan fingerprint density at radius 1 is 1.15 bits per heavy atom. The molecule has 4 heteroatoms. The SMILES string of the molecule is CSc1ccc(COc2cccc(CC(=O)O)c2)cc1. The van der Waals surface area contributed by atoms with Crippen molar-refractivity contribution in [1.29, 1.82) is 0 Å². The molecule has 0 amide bonds. The van der Waals surface area contributed by atoms with E-state index in [2.05, 4.69) is 12.1 Å². The van der Waals surface area contributed by atoms with Crippen LogP contribution in [0.2, 0.25) is 0 Å². The molecule has 0 aliphatic rings. The van der Waals surface area contributed by atoms with Gasteiger partial charge in [0.05, 0.1) is 6.42 Å². The molecule has 0 unspecified atom stereocenters. The molecule has 0 aliphatic heterocycles. The molecule has 0 fully saturated rings. The zero-order valence-corrected chi connectivity index (χ0v) is 12.0. The van der Waals surface area contributed by atoms with Crippen LogP contribution in [0.15, 0.2) is 53.4 Å². The molecule has 0 aliphatic carbocycles. The molecule has 3 nitrogen and oxygen atoms in total. The molecule has 20 heavy (non-hydrogen) atoms. The summed E-state index contributed by atoms with van der Waals surface area (Å²) in [6.07, 6.45) is 2.05. The van der Waals surface area contributed by atoms with Crippen LogP contribution in [0.1, 0.15) is 11.1 Å². The number of carboxylic acids is 1. The third kappa shape index (κ3) is 4.31. The first-order valence-electron chi connectivity index (χ1n) is 6.24. The van der Waals surface area contributed by atoms with E-state index < -0.39 is 5.97 Å². The Balaban J connectivity index is 1.97. The molecular formula is C16H16O3S. The molecule has 0 heterocycles. The highest BCUT2D eigenvalue weighted by Gasteiger charge is 2.02. The molecule has 0 saturated carbocycles. The van der Waals surface area contributed by atoms with E-state index in [4.69, 9.17) is 9.84 Å². The summed E-state index contributed by atoms with van der Waals surface area (Å²) in [6.45, 7) is 0.477. The van der Waals surface area contributed by atoms with Gasteiger partial charge < -0.3 is 9.84 Å². The Labute approximate surface area is 122 Å². The number of hydrogen-bond donors (Lipinski definition) is 1. The van der Waals surface area contributed by atoms with Crippen molar-refractivity contribution < 1.29 is 14.6 Å².